The SMILES string of the molecule is COc1ccccc1CN(C)C(=O)COC(=O)CCc1ccc(-c2ccccc2F)o1. The lowest BCUT2D eigenvalue weighted by Crippen LogP contribution is -2.31. The van der Waals surface area contributed by atoms with Gasteiger partial charge in [0.05, 0.1) is 19.1 Å². The van der Waals surface area contributed by atoms with Gasteiger partial charge < -0.3 is 18.8 Å². The molecule has 0 aliphatic carbocycles. The molecule has 0 saturated carbocycles. The van der Waals surface area contributed by atoms with Crippen LogP contribution in [0.4, 0.5) is 4.39 Å². The maximum absolute atomic E-state index is 13.8. The van der Waals surface area contributed by atoms with Crippen molar-refractivity contribution in [3.8, 4) is 17.1 Å². The quantitative estimate of drug-likeness (QED) is 0.480. The summed E-state index contributed by atoms with van der Waals surface area (Å²) in [6, 6.07) is 17.1. The van der Waals surface area contributed by atoms with Crippen LogP contribution in [0.3, 0.4) is 0 Å². The predicted octanol–water partition coefficient (Wildman–Crippen LogP) is 4.23. The molecular weight excluding hydrogens is 401 g/mol. The molecule has 0 spiro atoms. The summed E-state index contributed by atoms with van der Waals surface area (Å²) >= 11 is 0. The number of carbonyl (C=O) groups excluding carboxylic acids is 2. The van der Waals surface area contributed by atoms with Crippen molar-refractivity contribution in [3.63, 3.8) is 0 Å². The average molecular weight is 425 g/mol. The maximum Gasteiger partial charge on any atom is 0.306 e. The average Bonchev–Trinajstić information content (AvgIpc) is 3.25. The van der Waals surface area contributed by atoms with Crippen LogP contribution in [0.2, 0.25) is 0 Å². The number of amides is 1. The largest absolute Gasteiger partial charge is 0.496 e. The number of furan rings is 1. The number of para-hydroxylation sites is 1. The first-order valence-electron chi connectivity index (χ1n) is 9.83. The Balaban J connectivity index is 1.45. The maximum atomic E-state index is 13.8. The van der Waals surface area contributed by atoms with Gasteiger partial charge in [-0.3, -0.25) is 9.59 Å². The topological polar surface area (TPSA) is 69.0 Å². The van der Waals surface area contributed by atoms with E-state index in [1.165, 1.54) is 11.0 Å². The Labute approximate surface area is 180 Å². The molecule has 0 aliphatic rings. The third-order valence-electron chi connectivity index (χ3n) is 4.76. The molecule has 0 unspecified atom stereocenters. The summed E-state index contributed by atoms with van der Waals surface area (Å²) in [4.78, 5) is 25.8. The number of hydrogen-bond donors (Lipinski definition) is 0. The molecule has 0 atom stereocenters. The molecule has 6 nitrogen and oxygen atoms in total. The van der Waals surface area contributed by atoms with Crippen LogP contribution < -0.4 is 4.74 Å². The molecular formula is C24H24FNO5. The van der Waals surface area contributed by atoms with Gasteiger partial charge in [0.15, 0.2) is 6.61 Å². The summed E-state index contributed by atoms with van der Waals surface area (Å²) in [6.07, 6.45) is 0.340. The van der Waals surface area contributed by atoms with Crippen molar-refractivity contribution in [1.82, 2.24) is 4.90 Å². The van der Waals surface area contributed by atoms with E-state index in [4.69, 9.17) is 13.9 Å². The van der Waals surface area contributed by atoms with Crippen molar-refractivity contribution < 1.29 is 27.9 Å². The van der Waals surface area contributed by atoms with E-state index in [9.17, 15) is 14.0 Å². The van der Waals surface area contributed by atoms with E-state index in [0.29, 0.717) is 35.8 Å². The Morgan fingerprint density at radius 3 is 2.55 bits per heavy atom. The highest BCUT2D eigenvalue weighted by molar-refractivity contribution is 5.80. The van der Waals surface area contributed by atoms with E-state index in [1.807, 2.05) is 24.3 Å². The smallest absolute Gasteiger partial charge is 0.306 e. The van der Waals surface area contributed by atoms with E-state index in [0.717, 1.165) is 5.56 Å². The van der Waals surface area contributed by atoms with Crippen LogP contribution in [0, 0.1) is 5.82 Å². The number of halogens is 1. The van der Waals surface area contributed by atoms with Crippen LogP contribution in [-0.4, -0.2) is 37.5 Å². The molecule has 162 valence electrons. The van der Waals surface area contributed by atoms with Crippen molar-refractivity contribution in [2.45, 2.75) is 19.4 Å². The number of methoxy groups -OCH3 is 1. The van der Waals surface area contributed by atoms with Crippen LogP contribution in [-0.2, 0) is 27.3 Å². The number of rotatable bonds is 9. The molecule has 0 saturated heterocycles. The number of esters is 1. The summed E-state index contributed by atoms with van der Waals surface area (Å²) in [5, 5.41) is 0. The minimum absolute atomic E-state index is 0.0493. The zero-order valence-corrected chi connectivity index (χ0v) is 17.5. The van der Waals surface area contributed by atoms with Crippen molar-refractivity contribution in [3.05, 3.63) is 77.8 Å². The highest BCUT2D eigenvalue weighted by Gasteiger charge is 2.15. The molecule has 0 radical (unpaired) electrons. The monoisotopic (exact) mass is 425 g/mol. The number of likely N-dealkylation sites (N-methyl/N-ethyl adjacent to an activating group) is 1. The van der Waals surface area contributed by atoms with E-state index in [1.54, 1.807) is 44.5 Å². The van der Waals surface area contributed by atoms with Crippen LogP contribution in [0.5, 0.6) is 5.75 Å². The first-order chi connectivity index (χ1) is 15.0. The molecule has 31 heavy (non-hydrogen) atoms. The lowest BCUT2D eigenvalue weighted by atomic mass is 10.1. The second kappa shape index (κ2) is 10.4. The van der Waals surface area contributed by atoms with Crippen LogP contribution in [0.25, 0.3) is 11.3 Å². The van der Waals surface area contributed by atoms with Crippen molar-refractivity contribution in [2.75, 3.05) is 20.8 Å². The standard InChI is InChI=1S/C24H24FNO5/c1-26(15-17-7-3-6-10-21(17)29-2)23(27)16-30-24(28)14-12-18-11-13-22(31-18)19-8-4-5-9-20(19)25/h3-11,13H,12,14-16H2,1-2H3. The Bertz CT molecular complexity index is 1050. The molecule has 7 heteroatoms. The molecule has 2 aromatic carbocycles. The van der Waals surface area contributed by atoms with Crippen molar-refractivity contribution in [1.29, 1.82) is 0 Å². The first-order valence-corrected chi connectivity index (χ1v) is 9.83. The molecule has 0 N–H and O–H groups in total. The van der Waals surface area contributed by atoms with E-state index >= 15 is 0 Å². The second-order valence-electron chi connectivity index (χ2n) is 6.97. The van der Waals surface area contributed by atoms with E-state index < -0.39 is 5.97 Å². The number of aryl methyl sites for hydroxylation is 1. The summed E-state index contributed by atoms with van der Waals surface area (Å²) in [7, 11) is 3.20. The molecule has 0 bridgehead atoms. The Hall–Kier alpha value is -3.61. The molecule has 1 heterocycles. The first kappa shape index (κ1) is 22.1. The number of hydrogen-bond acceptors (Lipinski definition) is 5. The molecule has 1 aromatic heterocycles. The van der Waals surface area contributed by atoms with Gasteiger partial charge in [-0.25, -0.2) is 4.39 Å². The van der Waals surface area contributed by atoms with Crippen LogP contribution >= 0.6 is 0 Å². The van der Waals surface area contributed by atoms with Gasteiger partial charge in [-0.1, -0.05) is 30.3 Å². The van der Waals surface area contributed by atoms with Crippen molar-refractivity contribution >= 4 is 11.9 Å². The third kappa shape index (κ3) is 5.94. The molecule has 1 amide bonds. The third-order valence-corrected chi connectivity index (χ3v) is 4.76. The molecule has 3 aromatic rings. The minimum atomic E-state index is -0.511. The Morgan fingerprint density at radius 1 is 1.03 bits per heavy atom. The fraction of sp³-hybridized carbons (Fsp3) is 0.250. The zero-order chi connectivity index (χ0) is 22.2. The summed E-state index contributed by atoms with van der Waals surface area (Å²) in [6.45, 7) is -0.00523. The number of benzene rings is 2. The van der Waals surface area contributed by atoms with Gasteiger partial charge in [0.2, 0.25) is 0 Å². The highest BCUT2D eigenvalue weighted by Crippen LogP contribution is 2.25. The van der Waals surface area contributed by atoms with E-state index in [2.05, 4.69) is 0 Å². The predicted molar refractivity (Wildman–Crippen MR) is 113 cm³/mol. The normalized spacial score (nSPS) is 10.5. The van der Waals surface area contributed by atoms with Gasteiger partial charge in [0.25, 0.3) is 5.91 Å². The van der Waals surface area contributed by atoms with Crippen LogP contribution in [0.15, 0.2) is 65.1 Å². The number of nitrogens with zero attached hydrogens (tertiary/aromatic N) is 1. The van der Waals surface area contributed by atoms with Crippen molar-refractivity contribution in [2.24, 2.45) is 0 Å². The van der Waals surface area contributed by atoms with Gasteiger partial charge in [-0.2, -0.15) is 0 Å². The van der Waals surface area contributed by atoms with Gasteiger partial charge in [0.1, 0.15) is 23.1 Å². The highest BCUT2D eigenvalue weighted by atomic mass is 19.1. The van der Waals surface area contributed by atoms with Gasteiger partial charge in [-0.15, -0.1) is 0 Å². The Kier molecular flexibility index (Phi) is 7.43. The lowest BCUT2D eigenvalue weighted by molar-refractivity contribution is -0.151. The summed E-state index contributed by atoms with van der Waals surface area (Å²) in [5.74, 6) is 0.414. The fourth-order valence-electron chi connectivity index (χ4n) is 3.05. The summed E-state index contributed by atoms with van der Waals surface area (Å²) < 4.78 is 29.8. The van der Waals surface area contributed by atoms with Gasteiger partial charge in [0, 0.05) is 25.6 Å². The number of carbonyl (C=O) groups is 2. The molecule has 0 fully saturated rings. The lowest BCUT2D eigenvalue weighted by Gasteiger charge is -2.18. The van der Waals surface area contributed by atoms with Gasteiger partial charge >= 0.3 is 5.97 Å². The van der Waals surface area contributed by atoms with Crippen LogP contribution in [0.1, 0.15) is 17.7 Å². The fourth-order valence-corrected chi connectivity index (χ4v) is 3.05. The zero-order valence-electron chi connectivity index (χ0n) is 17.5. The molecule has 0 aliphatic heterocycles. The molecule has 3 rings (SSSR count). The second-order valence-corrected chi connectivity index (χ2v) is 6.97. The minimum Gasteiger partial charge on any atom is -0.496 e. The van der Waals surface area contributed by atoms with Gasteiger partial charge in [-0.05, 0) is 30.3 Å². The number of ether oxygens (including phenoxy) is 2. The van der Waals surface area contributed by atoms with E-state index in [-0.39, 0.29) is 24.8 Å². The Morgan fingerprint density at radius 2 is 1.77 bits per heavy atom. The summed E-state index contributed by atoms with van der Waals surface area (Å²) in [5.41, 5.74) is 1.22.